The van der Waals surface area contributed by atoms with Crippen LogP contribution in [0.3, 0.4) is 0 Å². The molecule has 0 saturated carbocycles. The molecule has 0 amide bonds. The molecule has 6 heteroatoms. The van der Waals surface area contributed by atoms with Crippen molar-refractivity contribution in [1.29, 1.82) is 0 Å². The van der Waals surface area contributed by atoms with Crippen LogP contribution in [-0.2, 0) is 9.53 Å². The Labute approximate surface area is 103 Å². The number of carbonyl (C=O) groups excluding carboxylic acids is 2. The number of benzene rings is 1. The fourth-order valence-electron chi connectivity index (χ4n) is 1.28. The number of nitro benzene ring substituents is 1. The Bertz CT molecular complexity index is 507. The Morgan fingerprint density at radius 3 is 2.61 bits per heavy atom. The molecule has 0 unspecified atom stereocenters. The van der Waals surface area contributed by atoms with Gasteiger partial charge in [-0.15, -0.1) is 0 Å². The molecule has 6 nitrogen and oxygen atoms in total. The van der Waals surface area contributed by atoms with Crippen LogP contribution in [0.2, 0.25) is 0 Å². The molecule has 1 aromatic carbocycles. The highest BCUT2D eigenvalue weighted by Crippen LogP contribution is 2.17. The van der Waals surface area contributed by atoms with Gasteiger partial charge in [-0.25, -0.2) is 4.79 Å². The lowest BCUT2D eigenvalue weighted by Gasteiger charge is -1.98. The van der Waals surface area contributed by atoms with Crippen LogP contribution in [0.25, 0.3) is 6.08 Å². The Morgan fingerprint density at radius 1 is 1.39 bits per heavy atom. The van der Waals surface area contributed by atoms with E-state index < -0.39 is 10.9 Å². The van der Waals surface area contributed by atoms with Gasteiger partial charge in [-0.3, -0.25) is 14.9 Å². The highest BCUT2D eigenvalue weighted by Gasteiger charge is 2.08. The summed E-state index contributed by atoms with van der Waals surface area (Å²) in [4.78, 5) is 31.7. The first kappa shape index (κ1) is 13.6. The van der Waals surface area contributed by atoms with Gasteiger partial charge in [0.05, 0.1) is 11.5 Å². The van der Waals surface area contributed by atoms with E-state index in [1.165, 1.54) is 18.2 Å². The fraction of sp³-hybridized carbons (Fsp3) is 0.167. The van der Waals surface area contributed by atoms with Crippen molar-refractivity contribution in [3.63, 3.8) is 0 Å². The molecule has 0 fully saturated rings. The maximum Gasteiger partial charge on any atom is 0.330 e. The minimum atomic E-state index is -0.602. The third-order valence-corrected chi connectivity index (χ3v) is 2.01. The monoisotopic (exact) mass is 249 g/mol. The number of ether oxygens (including phenoxy) is 1. The minimum absolute atomic E-state index is 0.174. The van der Waals surface area contributed by atoms with E-state index in [2.05, 4.69) is 4.74 Å². The Morgan fingerprint density at radius 2 is 2.06 bits per heavy atom. The van der Waals surface area contributed by atoms with Gasteiger partial charge in [0.25, 0.3) is 5.69 Å². The zero-order valence-electron chi connectivity index (χ0n) is 9.66. The SMILES string of the molecule is CCOC(=O)C=Cc1cc(C=O)cc([N+](=O)[O-])c1. The summed E-state index contributed by atoms with van der Waals surface area (Å²) in [5.74, 6) is -0.545. The quantitative estimate of drug-likeness (QED) is 0.262. The molecule has 1 aromatic rings. The Balaban J connectivity index is 3.01. The average molecular weight is 249 g/mol. The van der Waals surface area contributed by atoms with Crippen LogP contribution in [0.4, 0.5) is 5.69 Å². The molecule has 0 aliphatic rings. The van der Waals surface area contributed by atoms with Gasteiger partial charge in [0.1, 0.15) is 6.29 Å². The Kier molecular flexibility index (Phi) is 4.74. The molecule has 0 saturated heterocycles. The van der Waals surface area contributed by atoms with Crippen molar-refractivity contribution >= 4 is 24.0 Å². The van der Waals surface area contributed by atoms with Gasteiger partial charge < -0.3 is 4.74 Å². The standard InChI is InChI=1S/C12H11NO5/c1-2-18-12(15)4-3-9-5-10(8-14)7-11(6-9)13(16)17/h3-8H,2H2,1H3. The van der Waals surface area contributed by atoms with Gasteiger partial charge in [0.15, 0.2) is 0 Å². The highest BCUT2D eigenvalue weighted by atomic mass is 16.6. The summed E-state index contributed by atoms with van der Waals surface area (Å²) < 4.78 is 4.67. The largest absolute Gasteiger partial charge is 0.463 e. The molecule has 94 valence electrons. The molecule has 0 aromatic heterocycles. The summed E-state index contributed by atoms with van der Waals surface area (Å²) in [6.07, 6.45) is 3.02. The van der Waals surface area contributed by atoms with Crippen molar-refractivity contribution in [2.45, 2.75) is 6.92 Å². The molecule has 0 aliphatic carbocycles. The lowest BCUT2D eigenvalue weighted by Crippen LogP contribution is -1.98. The number of aldehydes is 1. The maximum absolute atomic E-state index is 11.1. The molecule has 0 N–H and O–H groups in total. The third-order valence-electron chi connectivity index (χ3n) is 2.01. The molecular weight excluding hydrogens is 238 g/mol. The number of rotatable bonds is 5. The van der Waals surface area contributed by atoms with Gasteiger partial charge in [0, 0.05) is 23.8 Å². The van der Waals surface area contributed by atoms with Gasteiger partial charge >= 0.3 is 5.97 Å². The van der Waals surface area contributed by atoms with Crippen molar-refractivity contribution in [1.82, 2.24) is 0 Å². The summed E-state index contributed by atoms with van der Waals surface area (Å²) in [7, 11) is 0. The molecule has 18 heavy (non-hydrogen) atoms. The van der Waals surface area contributed by atoms with Gasteiger partial charge in [-0.2, -0.15) is 0 Å². The zero-order valence-corrected chi connectivity index (χ0v) is 9.66. The van der Waals surface area contributed by atoms with Crippen molar-refractivity contribution < 1.29 is 19.2 Å². The van der Waals surface area contributed by atoms with E-state index in [1.807, 2.05) is 0 Å². The normalized spacial score (nSPS) is 10.3. The molecule has 0 atom stereocenters. The van der Waals surface area contributed by atoms with E-state index >= 15 is 0 Å². The number of hydrogen-bond acceptors (Lipinski definition) is 5. The van der Waals surface area contributed by atoms with E-state index in [0.29, 0.717) is 11.8 Å². The first-order valence-corrected chi connectivity index (χ1v) is 5.16. The predicted octanol–water partition coefficient (Wildman–Crippen LogP) is 1.98. The topological polar surface area (TPSA) is 86.5 Å². The minimum Gasteiger partial charge on any atom is -0.463 e. The van der Waals surface area contributed by atoms with Crippen LogP contribution < -0.4 is 0 Å². The molecular formula is C12H11NO5. The van der Waals surface area contributed by atoms with Crippen molar-refractivity contribution in [3.8, 4) is 0 Å². The summed E-state index contributed by atoms with van der Waals surface area (Å²) in [5.41, 5.74) is 0.357. The van der Waals surface area contributed by atoms with Crippen LogP contribution >= 0.6 is 0 Å². The number of nitrogens with zero attached hydrogens (tertiary/aromatic N) is 1. The van der Waals surface area contributed by atoms with E-state index in [1.54, 1.807) is 6.92 Å². The van der Waals surface area contributed by atoms with E-state index in [-0.39, 0.29) is 17.9 Å². The van der Waals surface area contributed by atoms with Crippen LogP contribution in [0.1, 0.15) is 22.8 Å². The third kappa shape index (κ3) is 3.82. The second-order valence-electron chi connectivity index (χ2n) is 3.32. The van der Waals surface area contributed by atoms with E-state index in [9.17, 15) is 19.7 Å². The number of nitro groups is 1. The second kappa shape index (κ2) is 6.29. The van der Waals surface area contributed by atoms with Crippen molar-refractivity contribution in [3.05, 3.63) is 45.5 Å². The highest BCUT2D eigenvalue weighted by molar-refractivity contribution is 5.88. The molecule has 0 bridgehead atoms. The molecule has 0 heterocycles. The average Bonchev–Trinajstić information content (AvgIpc) is 2.36. The van der Waals surface area contributed by atoms with Gasteiger partial charge in [0.2, 0.25) is 0 Å². The number of esters is 1. The summed E-state index contributed by atoms with van der Waals surface area (Å²) in [6.45, 7) is 1.92. The maximum atomic E-state index is 11.1. The summed E-state index contributed by atoms with van der Waals surface area (Å²) in [6, 6.07) is 3.87. The van der Waals surface area contributed by atoms with Crippen LogP contribution in [0.15, 0.2) is 24.3 Å². The first-order chi connectivity index (χ1) is 8.56. The summed E-state index contributed by atoms with van der Waals surface area (Å²) in [5, 5.41) is 10.6. The molecule has 1 rings (SSSR count). The fourth-order valence-corrected chi connectivity index (χ4v) is 1.28. The summed E-state index contributed by atoms with van der Waals surface area (Å²) >= 11 is 0. The number of non-ortho nitro benzene ring substituents is 1. The van der Waals surface area contributed by atoms with E-state index in [4.69, 9.17) is 0 Å². The zero-order chi connectivity index (χ0) is 13.5. The second-order valence-corrected chi connectivity index (χ2v) is 3.32. The molecule has 0 aliphatic heterocycles. The number of hydrogen-bond donors (Lipinski definition) is 0. The smallest absolute Gasteiger partial charge is 0.330 e. The number of carbonyl (C=O) groups is 2. The van der Waals surface area contributed by atoms with Crippen molar-refractivity contribution in [2.75, 3.05) is 6.61 Å². The Hall–Kier alpha value is -2.50. The lowest BCUT2D eigenvalue weighted by atomic mass is 10.1. The molecule has 0 radical (unpaired) electrons. The van der Waals surface area contributed by atoms with Crippen molar-refractivity contribution in [2.24, 2.45) is 0 Å². The first-order valence-electron chi connectivity index (χ1n) is 5.16. The van der Waals surface area contributed by atoms with Gasteiger partial charge in [-0.1, -0.05) is 0 Å². The van der Waals surface area contributed by atoms with Crippen LogP contribution in [-0.4, -0.2) is 23.8 Å². The predicted molar refractivity (Wildman–Crippen MR) is 64.2 cm³/mol. The molecule has 0 spiro atoms. The van der Waals surface area contributed by atoms with Crippen LogP contribution in [0.5, 0.6) is 0 Å². The van der Waals surface area contributed by atoms with Crippen LogP contribution in [0, 0.1) is 10.1 Å². The van der Waals surface area contributed by atoms with Gasteiger partial charge in [-0.05, 0) is 24.6 Å². The van der Waals surface area contributed by atoms with E-state index in [0.717, 1.165) is 12.1 Å². The lowest BCUT2D eigenvalue weighted by molar-refractivity contribution is -0.384.